The number of methoxy groups -OCH3 is 2. The van der Waals surface area contributed by atoms with E-state index in [1.54, 1.807) is 14.2 Å². The first-order valence-corrected chi connectivity index (χ1v) is 4.39. The minimum Gasteiger partial charge on any atom is -1.00 e. The molecule has 7 heteroatoms. The van der Waals surface area contributed by atoms with Crippen molar-refractivity contribution in [2.75, 3.05) is 40.6 Å². The van der Waals surface area contributed by atoms with Crippen LogP contribution in [0.25, 0.3) is 0 Å². The van der Waals surface area contributed by atoms with Crippen LogP contribution in [0.4, 0.5) is 0 Å². The molecule has 0 rings (SSSR count). The van der Waals surface area contributed by atoms with E-state index in [9.17, 15) is 0 Å². The molecule has 0 radical (unpaired) electrons. The van der Waals surface area contributed by atoms with Crippen LogP contribution in [-0.2, 0) is 17.1 Å². The number of ether oxygens (including phenoxy) is 2. The maximum atomic E-state index is 5.10. The van der Waals surface area contributed by atoms with Gasteiger partial charge in [-0.2, -0.15) is 0 Å². The predicted octanol–water partition coefficient (Wildman–Crippen LogP) is -4.11. The van der Waals surface area contributed by atoms with Gasteiger partial charge in [-0.3, -0.25) is 0 Å². The van der Waals surface area contributed by atoms with Gasteiger partial charge >= 0.3 is 103 Å². The molecule has 0 saturated heterocycles. The zero-order valence-electron chi connectivity index (χ0n) is 10.0. The van der Waals surface area contributed by atoms with E-state index >= 15 is 0 Å². The van der Waals surface area contributed by atoms with Crippen molar-refractivity contribution < 1.29 is 49.5 Å². The van der Waals surface area contributed by atoms with Gasteiger partial charge in [-0.15, -0.1) is 0 Å². The summed E-state index contributed by atoms with van der Waals surface area (Å²) in [5, 5.41) is 0. The summed E-state index contributed by atoms with van der Waals surface area (Å²) in [4.78, 5) is 0. The Balaban J connectivity index is -0.0000000833. The molecule has 0 aliphatic rings. The summed E-state index contributed by atoms with van der Waals surface area (Å²) in [6.45, 7) is 2.47. The van der Waals surface area contributed by atoms with Crippen LogP contribution in [0.2, 0.25) is 0 Å². The van der Waals surface area contributed by atoms with E-state index in [-0.39, 0.29) is 56.7 Å². The average molecular weight is 216 g/mol. The van der Waals surface area contributed by atoms with E-state index in [0.717, 1.165) is 0 Å². The fraction of sp³-hybridized carbons (Fsp3) is 1.00. The van der Waals surface area contributed by atoms with Crippen LogP contribution in [0.5, 0.6) is 0 Å². The fourth-order valence-electron chi connectivity index (χ4n) is 0.407. The summed E-state index contributed by atoms with van der Waals surface area (Å²) < 4.78 is 19.8. The Morgan fingerprint density at radius 1 is 0.923 bits per heavy atom. The smallest absolute Gasteiger partial charge is 1.00 e. The molecule has 13 heavy (non-hydrogen) atoms. The third-order valence-electron chi connectivity index (χ3n) is 0.947. The molecular formula is C6H19AlBNaO4. The normalized spacial score (nSPS) is 8.15. The fourth-order valence-corrected chi connectivity index (χ4v) is 0.888. The molecule has 0 amide bonds. The second-order valence-corrected chi connectivity index (χ2v) is 2.68. The van der Waals surface area contributed by atoms with Crippen LogP contribution in [0.1, 0.15) is 2.85 Å². The van der Waals surface area contributed by atoms with Crippen molar-refractivity contribution in [2.24, 2.45) is 0 Å². The number of hydrogen-bond acceptors (Lipinski definition) is 4. The molecule has 0 heterocycles. The third-order valence-corrected chi connectivity index (χ3v) is 1.69. The Morgan fingerprint density at radius 2 is 1.31 bits per heavy atom. The van der Waals surface area contributed by atoms with Crippen LogP contribution in [0, 0.1) is 0 Å². The molecule has 0 fully saturated rings. The summed E-state index contributed by atoms with van der Waals surface area (Å²) in [7, 11) is 3.29. The van der Waals surface area contributed by atoms with E-state index in [1.165, 1.54) is 0 Å². The molecular weight excluding hydrogens is 197 g/mol. The maximum Gasteiger partial charge on any atom is 1.00 e. The molecule has 4 nitrogen and oxygen atoms in total. The molecule has 0 aromatic heterocycles. The second kappa shape index (κ2) is 19.1. The zero-order valence-corrected chi connectivity index (χ0v) is 11.2. The van der Waals surface area contributed by atoms with Gasteiger partial charge in [-0.05, 0) is 0 Å². The van der Waals surface area contributed by atoms with Gasteiger partial charge in [0.25, 0.3) is 0 Å². The van der Waals surface area contributed by atoms with Crippen molar-refractivity contribution in [2.45, 2.75) is 0 Å². The molecule has 0 spiro atoms. The van der Waals surface area contributed by atoms with Gasteiger partial charge in [0.15, 0.2) is 0 Å². The molecule has 0 aromatic rings. The SMILES string of the molecule is B.COCC[O][Al+][O]CCOC.[H-].[H-].[Na+]. The Hall–Kier alpha value is 1.44. The molecule has 0 saturated carbocycles. The van der Waals surface area contributed by atoms with E-state index in [1.807, 2.05) is 0 Å². The Kier molecular flexibility index (Phi) is 29.2. The minimum atomic E-state index is -0.349. The average Bonchev–Trinajstić information content (AvgIpc) is 2.03. The third kappa shape index (κ3) is 19.7. The summed E-state index contributed by atoms with van der Waals surface area (Å²) >= 11 is -0.349. The number of rotatable bonds is 8. The van der Waals surface area contributed by atoms with E-state index < -0.39 is 0 Å². The van der Waals surface area contributed by atoms with Crippen LogP contribution in [0.3, 0.4) is 0 Å². The van der Waals surface area contributed by atoms with Crippen LogP contribution in [-0.4, -0.2) is 64.9 Å². The molecule has 74 valence electrons. The molecule has 0 atom stereocenters. The molecule has 0 aromatic carbocycles. The van der Waals surface area contributed by atoms with Gasteiger partial charge in [0.1, 0.15) is 0 Å². The molecule has 0 unspecified atom stereocenters. The first kappa shape index (κ1) is 19.9. The monoisotopic (exact) mass is 216 g/mol. The Bertz CT molecular complexity index is 82.2. The molecule has 0 N–H and O–H groups in total. The first-order valence-electron chi connectivity index (χ1n) is 3.44. The molecule has 0 aliphatic carbocycles. The van der Waals surface area contributed by atoms with Gasteiger partial charge in [-0.1, -0.05) is 0 Å². The van der Waals surface area contributed by atoms with Gasteiger partial charge in [-0.25, -0.2) is 0 Å². The minimum absolute atomic E-state index is 0. The van der Waals surface area contributed by atoms with E-state index in [2.05, 4.69) is 0 Å². The standard InChI is InChI=1S/2C3H7O2.Al.BH3.Na.2H/c2*1-5-3-2-4;;;;;/h2*2-3H2,1H3;;1H3;;;/q2*-1;+3;;+1;2*-1. The second-order valence-electron chi connectivity index (χ2n) is 1.82. The summed E-state index contributed by atoms with van der Waals surface area (Å²) in [5.41, 5.74) is 0. The van der Waals surface area contributed by atoms with Crippen LogP contribution in [0.15, 0.2) is 0 Å². The van der Waals surface area contributed by atoms with E-state index in [0.29, 0.717) is 26.4 Å². The summed E-state index contributed by atoms with van der Waals surface area (Å²) in [6.07, 6.45) is 0. The topological polar surface area (TPSA) is 36.9 Å². The number of hydrogen-bond donors (Lipinski definition) is 0. The van der Waals surface area contributed by atoms with Crippen molar-refractivity contribution in [3.8, 4) is 0 Å². The molecule has 0 bridgehead atoms. The molecule has 0 aliphatic heterocycles. The van der Waals surface area contributed by atoms with Crippen molar-refractivity contribution in [1.82, 2.24) is 0 Å². The summed E-state index contributed by atoms with van der Waals surface area (Å²) in [5.74, 6) is 0. The largest absolute Gasteiger partial charge is 1.00 e. The van der Waals surface area contributed by atoms with Crippen molar-refractivity contribution in [3.05, 3.63) is 0 Å². The van der Waals surface area contributed by atoms with Gasteiger partial charge in [0.05, 0.1) is 8.41 Å². The zero-order chi connectivity index (χ0) is 8.36. The van der Waals surface area contributed by atoms with Crippen molar-refractivity contribution >= 4 is 24.3 Å². The van der Waals surface area contributed by atoms with Crippen LogP contribution >= 0.6 is 0 Å². The maximum absolute atomic E-state index is 5.10. The van der Waals surface area contributed by atoms with Crippen molar-refractivity contribution in [3.63, 3.8) is 0 Å². The Morgan fingerprint density at radius 3 is 1.62 bits per heavy atom. The van der Waals surface area contributed by atoms with Crippen LogP contribution < -0.4 is 29.6 Å². The van der Waals surface area contributed by atoms with Crippen molar-refractivity contribution in [1.29, 1.82) is 0 Å². The summed E-state index contributed by atoms with van der Waals surface area (Å²) in [6, 6.07) is 0. The first-order chi connectivity index (χ1) is 5.41. The quantitative estimate of drug-likeness (QED) is 0.305. The van der Waals surface area contributed by atoms with E-state index in [4.69, 9.17) is 17.1 Å². The Labute approximate surface area is 114 Å². The van der Waals surface area contributed by atoms with Gasteiger partial charge in [0, 0.05) is 0 Å². The van der Waals surface area contributed by atoms with Gasteiger partial charge < -0.3 is 2.85 Å². The predicted molar refractivity (Wildman–Crippen MR) is 53.6 cm³/mol. The van der Waals surface area contributed by atoms with Gasteiger partial charge in [0.2, 0.25) is 0 Å².